The molecule has 0 aliphatic heterocycles. The van der Waals surface area contributed by atoms with E-state index in [-0.39, 0.29) is 6.04 Å². The summed E-state index contributed by atoms with van der Waals surface area (Å²) in [6.45, 7) is 4.43. The van der Waals surface area contributed by atoms with E-state index in [0.29, 0.717) is 5.92 Å². The lowest BCUT2D eigenvalue weighted by Crippen LogP contribution is -2.11. The molecule has 0 radical (unpaired) electrons. The maximum absolute atomic E-state index is 6.04. The normalized spacial score (nSPS) is 13.2. The second-order valence-electron chi connectivity index (χ2n) is 3.99. The highest BCUT2D eigenvalue weighted by Gasteiger charge is 2.06. The topological polar surface area (TPSA) is 38.9 Å². The predicted octanol–water partition coefficient (Wildman–Crippen LogP) is 3.28. The molecule has 3 heteroatoms. The summed E-state index contributed by atoms with van der Waals surface area (Å²) in [7, 11) is 0. The molecule has 0 unspecified atom stereocenters. The van der Waals surface area contributed by atoms with Crippen molar-refractivity contribution >= 4 is 15.9 Å². The molecule has 0 spiro atoms. The van der Waals surface area contributed by atoms with Crippen molar-refractivity contribution in [2.45, 2.75) is 32.7 Å². The van der Waals surface area contributed by atoms with E-state index in [1.807, 2.05) is 18.3 Å². The number of nitrogens with zero attached hydrogens (tertiary/aromatic N) is 1. The van der Waals surface area contributed by atoms with Crippen LogP contribution >= 0.6 is 15.9 Å². The van der Waals surface area contributed by atoms with Gasteiger partial charge in [-0.1, -0.05) is 19.9 Å². The summed E-state index contributed by atoms with van der Waals surface area (Å²) in [6.07, 6.45) is 4.04. The first-order valence-corrected chi connectivity index (χ1v) is 5.76. The molecule has 1 atom stereocenters. The SMILES string of the molecule is CC(C)CC[C@H](N)c1ccc(Br)nc1. The Balaban J connectivity index is 2.52. The van der Waals surface area contributed by atoms with Gasteiger partial charge < -0.3 is 5.73 Å². The molecule has 1 aromatic rings. The molecule has 14 heavy (non-hydrogen) atoms. The standard InChI is InChI=1S/C11H17BrN2/c1-8(2)3-5-10(13)9-4-6-11(12)14-7-9/h4,6-8,10H,3,5,13H2,1-2H3/t10-/m0/s1. The van der Waals surface area contributed by atoms with Crippen molar-refractivity contribution in [3.05, 3.63) is 28.5 Å². The van der Waals surface area contributed by atoms with Gasteiger partial charge in [-0.05, 0) is 46.3 Å². The third-order valence-electron chi connectivity index (χ3n) is 2.23. The molecule has 0 saturated heterocycles. The highest BCUT2D eigenvalue weighted by Crippen LogP contribution is 2.18. The first kappa shape index (κ1) is 11.7. The van der Waals surface area contributed by atoms with E-state index in [9.17, 15) is 0 Å². The molecule has 0 bridgehead atoms. The molecule has 0 aromatic carbocycles. The minimum absolute atomic E-state index is 0.123. The molecule has 78 valence electrons. The van der Waals surface area contributed by atoms with E-state index in [2.05, 4.69) is 34.8 Å². The maximum Gasteiger partial charge on any atom is 0.106 e. The fraction of sp³-hybridized carbons (Fsp3) is 0.545. The zero-order chi connectivity index (χ0) is 10.6. The summed E-state index contributed by atoms with van der Waals surface area (Å²) in [6, 6.07) is 4.09. The van der Waals surface area contributed by atoms with Gasteiger partial charge in [0.15, 0.2) is 0 Å². The van der Waals surface area contributed by atoms with Crippen molar-refractivity contribution in [2.75, 3.05) is 0 Å². The average molecular weight is 257 g/mol. The molecule has 2 nitrogen and oxygen atoms in total. The molecule has 0 amide bonds. The number of nitrogens with two attached hydrogens (primary N) is 1. The minimum atomic E-state index is 0.123. The van der Waals surface area contributed by atoms with Gasteiger partial charge >= 0.3 is 0 Å². The minimum Gasteiger partial charge on any atom is -0.324 e. The lowest BCUT2D eigenvalue weighted by atomic mass is 10.00. The highest BCUT2D eigenvalue weighted by molar-refractivity contribution is 9.10. The van der Waals surface area contributed by atoms with Crippen LogP contribution < -0.4 is 5.73 Å². The summed E-state index contributed by atoms with van der Waals surface area (Å²) in [5, 5.41) is 0. The van der Waals surface area contributed by atoms with Crippen LogP contribution in [0.3, 0.4) is 0 Å². The molecule has 2 N–H and O–H groups in total. The van der Waals surface area contributed by atoms with Crippen LogP contribution in [0.25, 0.3) is 0 Å². The van der Waals surface area contributed by atoms with E-state index in [1.165, 1.54) is 0 Å². The van der Waals surface area contributed by atoms with Crippen LogP contribution in [-0.2, 0) is 0 Å². The van der Waals surface area contributed by atoms with Crippen LogP contribution in [0.2, 0.25) is 0 Å². The quantitative estimate of drug-likeness (QED) is 0.840. The Kier molecular flexibility index (Phi) is 4.55. The van der Waals surface area contributed by atoms with Crippen LogP contribution in [-0.4, -0.2) is 4.98 Å². The van der Waals surface area contributed by atoms with Crippen LogP contribution in [0.15, 0.2) is 22.9 Å². The van der Waals surface area contributed by atoms with Gasteiger partial charge in [0, 0.05) is 12.2 Å². The average Bonchev–Trinajstić information content (AvgIpc) is 2.15. The molecule has 1 aromatic heterocycles. The first-order chi connectivity index (χ1) is 6.59. The van der Waals surface area contributed by atoms with Crippen LogP contribution in [0, 0.1) is 5.92 Å². The van der Waals surface area contributed by atoms with Crippen LogP contribution in [0.4, 0.5) is 0 Å². The lowest BCUT2D eigenvalue weighted by molar-refractivity contribution is 0.506. The summed E-state index contributed by atoms with van der Waals surface area (Å²) in [4.78, 5) is 4.16. The van der Waals surface area contributed by atoms with Gasteiger partial charge in [0.25, 0.3) is 0 Å². The molecule has 1 rings (SSSR count). The summed E-state index contributed by atoms with van der Waals surface area (Å²) >= 11 is 3.30. The molecular weight excluding hydrogens is 240 g/mol. The monoisotopic (exact) mass is 256 g/mol. The molecule has 0 aliphatic carbocycles. The Bertz CT molecular complexity index is 269. The summed E-state index contributed by atoms with van der Waals surface area (Å²) < 4.78 is 0.859. The second-order valence-corrected chi connectivity index (χ2v) is 4.80. The second kappa shape index (κ2) is 5.47. The summed E-state index contributed by atoms with van der Waals surface area (Å²) in [5.74, 6) is 0.712. The van der Waals surface area contributed by atoms with Crippen molar-refractivity contribution < 1.29 is 0 Å². The number of hydrogen-bond donors (Lipinski definition) is 1. The van der Waals surface area contributed by atoms with Crippen molar-refractivity contribution in [3.63, 3.8) is 0 Å². The number of hydrogen-bond acceptors (Lipinski definition) is 2. The predicted molar refractivity (Wildman–Crippen MR) is 62.9 cm³/mol. The Hall–Kier alpha value is -0.410. The highest BCUT2D eigenvalue weighted by atomic mass is 79.9. The van der Waals surface area contributed by atoms with E-state index in [4.69, 9.17) is 5.73 Å². The number of aromatic nitrogens is 1. The molecule has 1 heterocycles. The van der Waals surface area contributed by atoms with Gasteiger partial charge in [-0.2, -0.15) is 0 Å². The fourth-order valence-corrected chi connectivity index (χ4v) is 1.52. The van der Waals surface area contributed by atoms with Gasteiger partial charge in [-0.25, -0.2) is 4.98 Å². The van der Waals surface area contributed by atoms with E-state index in [0.717, 1.165) is 23.0 Å². The largest absolute Gasteiger partial charge is 0.324 e. The Labute approximate surface area is 94.0 Å². The zero-order valence-electron chi connectivity index (χ0n) is 8.70. The van der Waals surface area contributed by atoms with Gasteiger partial charge in [-0.3, -0.25) is 0 Å². The van der Waals surface area contributed by atoms with Gasteiger partial charge in [0.1, 0.15) is 4.60 Å². The van der Waals surface area contributed by atoms with E-state index >= 15 is 0 Å². The van der Waals surface area contributed by atoms with Crippen molar-refractivity contribution in [3.8, 4) is 0 Å². The zero-order valence-corrected chi connectivity index (χ0v) is 10.3. The molecule has 0 fully saturated rings. The lowest BCUT2D eigenvalue weighted by Gasteiger charge is -2.12. The molecule has 0 saturated carbocycles. The third kappa shape index (κ3) is 3.76. The fourth-order valence-electron chi connectivity index (χ4n) is 1.29. The van der Waals surface area contributed by atoms with Crippen LogP contribution in [0.1, 0.15) is 38.3 Å². The Morgan fingerprint density at radius 2 is 2.07 bits per heavy atom. The number of halogens is 1. The Morgan fingerprint density at radius 1 is 1.36 bits per heavy atom. The smallest absolute Gasteiger partial charge is 0.106 e. The van der Waals surface area contributed by atoms with Crippen LogP contribution in [0.5, 0.6) is 0 Å². The number of pyridine rings is 1. The molecular formula is C11H17BrN2. The van der Waals surface area contributed by atoms with Crippen molar-refractivity contribution in [1.29, 1.82) is 0 Å². The first-order valence-electron chi connectivity index (χ1n) is 4.96. The Morgan fingerprint density at radius 3 is 2.57 bits per heavy atom. The van der Waals surface area contributed by atoms with Crippen molar-refractivity contribution in [1.82, 2.24) is 4.98 Å². The van der Waals surface area contributed by atoms with Gasteiger partial charge in [-0.15, -0.1) is 0 Å². The van der Waals surface area contributed by atoms with Crippen molar-refractivity contribution in [2.24, 2.45) is 11.7 Å². The van der Waals surface area contributed by atoms with E-state index < -0.39 is 0 Å². The van der Waals surface area contributed by atoms with Gasteiger partial charge in [0.2, 0.25) is 0 Å². The maximum atomic E-state index is 6.04. The third-order valence-corrected chi connectivity index (χ3v) is 2.70. The number of rotatable bonds is 4. The summed E-state index contributed by atoms with van der Waals surface area (Å²) in [5.41, 5.74) is 7.16. The molecule has 0 aliphatic rings. The van der Waals surface area contributed by atoms with Gasteiger partial charge in [0.05, 0.1) is 0 Å². The van der Waals surface area contributed by atoms with E-state index in [1.54, 1.807) is 0 Å².